The van der Waals surface area contributed by atoms with E-state index in [1.807, 2.05) is 43.0 Å². The summed E-state index contributed by atoms with van der Waals surface area (Å²) in [5, 5.41) is 6.94. The maximum atomic E-state index is 12.7. The Morgan fingerprint density at radius 1 is 1.29 bits per heavy atom. The second-order valence-corrected chi connectivity index (χ2v) is 8.32. The van der Waals surface area contributed by atoms with Gasteiger partial charge in [-0.2, -0.15) is 0 Å². The highest BCUT2D eigenvalue weighted by molar-refractivity contribution is 5.77. The molecular formula is C24H33N3O4. The number of ether oxygens (including phenoxy) is 1. The first-order valence-electron chi connectivity index (χ1n) is 11.1. The highest BCUT2D eigenvalue weighted by atomic mass is 16.5. The monoisotopic (exact) mass is 427 g/mol. The molecule has 31 heavy (non-hydrogen) atoms. The van der Waals surface area contributed by atoms with Gasteiger partial charge >= 0.3 is 0 Å². The summed E-state index contributed by atoms with van der Waals surface area (Å²) in [6, 6.07) is 7.69. The van der Waals surface area contributed by atoms with E-state index >= 15 is 0 Å². The number of aryl methyl sites for hydroxylation is 2. The molecule has 0 unspecified atom stereocenters. The Morgan fingerprint density at radius 3 is 2.87 bits per heavy atom. The van der Waals surface area contributed by atoms with Crippen molar-refractivity contribution in [2.45, 2.75) is 58.9 Å². The number of methoxy groups -OCH3 is 1. The number of hydrogen-bond acceptors (Lipinski definition) is 5. The first-order chi connectivity index (χ1) is 15.0. The van der Waals surface area contributed by atoms with Crippen LogP contribution in [0.5, 0.6) is 5.75 Å². The van der Waals surface area contributed by atoms with E-state index in [2.05, 4.69) is 10.5 Å². The van der Waals surface area contributed by atoms with Crippen LogP contribution < -0.4 is 10.1 Å². The second-order valence-electron chi connectivity index (χ2n) is 8.32. The summed E-state index contributed by atoms with van der Waals surface area (Å²) in [7, 11) is 1.63. The Labute approximate surface area is 184 Å². The fraction of sp³-hybridized carbons (Fsp3) is 0.542. The lowest BCUT2D eigenvalue weighted by Gasteiger charge is -2.33. The quantitative estimate of drug-likeness (QED) is 0.661. The van der Waals surface area contributed by atoms with E-state index in [9.17, 15) is 9.59 Å². The van der Waals surface area contributed by atoms with Crippen LogP contribution in [0.15, 0.2) is 28.8 Å². The van der Waals surface area contributed by atoms with Crippen molar-refractivity contribution in [3.63, 3.8) is 0 Å². The van der Waals surface area contributed by atoms with Gasteiger partial charge in [-0.05, 0) is 63.1 Å². The number of carbonyl (C=O) groups excluding carboxylic acids is 2. The molecule has 0 bridgehead atoms. The Bertz CT molecular complexity index is 873. The van der Waals surface area contributed by atoms with Gasteiger partial charge in [0.25, 0.3) is 0 Å². The maximum Gasteiger partial charge on any atom is 0.222 e. The molecule has 2 heterocycles. The molecule has 2 aromatic rings. The largest absolute Gasteiger partial charge is 0.497 e. The molecule has 0 spiro atoms. The lowest BCUT2D eigenvalue weighted by Crippen LogP contribution is -2.40. The summed E-state index contributed by atoms with van der Waals surface area (Å²) in [6.45, 7) is 5.83. The van der Waals surface area contributed by atoms with Crippen molar-refractivity contribution in [2.75, 3.05) is 20.2 Å². The van der Waals surface area contributed by atoms with Gasteiger partial charge in [0.15, 0.2) is 0 Å². The highest BCUT2D eigenvalue weighted by Crippen LogP contribution is 2.23. The van der Waals surface area contributed by atoms with Crippen LogP contribution >= 0.6 is 0 Å². The van der Waals surface area contributed by atoms with Crippen molar-refractivity contribution >= 4 is 11.8 Å². The molecule has 1 aliphatic heterocycles. The van der Waals surface area contributed by atoms with E-state index in [0.717, 1.165) is 60.7 Å². The topological polar surface area (TPSA) is 84.7 Å². The van der Waals surface area contributed by atoms with Crippen LogP contribution in [0.3, 0.4) is 0 Å². The number of carbonyl (C=O) groups is 2. The normalized spacial score (nSPS) is 16.2. The molecule has 0 aliphatic carbocycles. The molecule has 1 saturated heterocycles. The molecule has 1 atom stereocenters. The van der Waals surface area contributed by atoms with E-state index in [0.29, 0.717) is 31.7 Å². The molecule has 7 nitrogen and oxygen atoms in total. The molecule has 7 heteroatoms. The highest BCUT2D eigenvalue weighted by Gasteiger charge is 2.24. The molecule has 1 N–H and O–H groups in total. The lowest BCUT2D eigenvalue weighted by atomic mass is 9.93. The zero-order chi connectivity index (χ0) is 22.2. The van der Waals surface area contributed by atoms with Gasteiger partial charge < -0.3 is 19.5 Å². The van der Waals surface area contributed by atoms with Gasteiger partial charge in [-0.3, -0.25) is 9.59 Å². The van der Waals surface area contributed by atoms with E-state index in [-0.39, 0.29) is 11.8 Å². The summed E-state index contributed by atoms with van der Waals surface area (Å²) in [6.07, 6.45) is 4.47. The van der Waals surface area contributed by atoms with Gasteiger partial charge in [-0.15, -0.1) is 0 Å². The molecule has 0 radical (unpaired) electrons. The number of aromatic nitrogens is 1. The number of nitrogens with zero attached hydrogens (tertiary/aromatic N) is 2. The van der Waals surface area contributed by atoms with Crippen molar-refractivity contribution in [3.05, 3.63) is 46.8 Å². The second kappa shape index (κ2) is 11.0. The number of amides is 2. The summed E-state index contributed by atoms with van der Waals surface area (Å²) >= 11 is 0. The molecular weight excluding hydrogens is 394 g/mol. The minimum atomic E-state index is 0.0460. The van der Waals surface area contributed by atoms with Gasteiger partial charge in [0.1, 0.15) is 11.5 Å². The zero-order valence-corrected chi connectivity index (χ0v) is 18.8. The molecule has 168 valence electrons. The van der Waals surface area contributed by atoms with Crippen LogP contribution in [0, 0.1) is 19.8 Å². The van der Waals surface area contributed by atoms with Gasteiger partial charge in [0.05, 0.1) is 12.8 Å². The minimum Gasteiger partial charge on any atom is -0.497 e. The average Bonchev–Trinajstić information content (AvgIpc) is 3.12. The number of hydrogen-bond donors (Lipinski definition) is 1. The van der Waals surface area contributed by atoms with Crippen molar-refractivity contribution < 1.29 is 18.8 Å². The van der Waals surface area contributed by atoms with Gasteiger partial charge in [-0.1, -0.05) is 17.3 Å². The Balaban J connectivity index is 1.39. The third kappa shape index (κ3) is 6.57. The van der Waals surface area contributed by atoms with E-state index in [1.54, 1.807) is 7.11 Å². The molecule has 2 amide bonds. The predicted octanol–water partition coefficient (Wildman–Crippen LogP) is 3.57. The van der Waals surface area contributed by atoms with Crippen LogP contribution in [0.1, 0.15) is 54.7 Å². The van der Waals surface area contributed by atoms with E-state index in [1.165, 1.54) is 0 Å². The van der Waals surface area contributed by atoms with Crippen LogP contribution in [0.2, 0.25) is 0 Å². The van der Waals surface area contributed by atoms with Crippen LogP contribution in [-0.2, 0) is 22.6 Å². The van der Waals surface area contributed by atoms with Crippen LogP contribution in [0.4, 0.5) is 0 Å². The molecule has 3 rings (SSSR count). The number of rotatable bonds is 9. The number of nitrogens with one attached hydrogen (secondary N) is 1. The molecule has 1 aliphatic rings. The fourth-order valence-corrected chi connectivity index (χ4v) is 4.18. The van der Waals surface area contributed by atoms with E-state index in [4.69, 9.17) is 9.26 Å². The minimum absolute atomic E-state index is 0.0460. The first kappa shape index (κ1) is 22.8. The van der Waals surface area contributed by atoms with Gasteiger partial charge in [0.2, 0.25) is 11.8 Å². The van der Waals surface area contributed by atoms with Crippen molar-refractivity contribution in [3.8, 4) is 5.75 Å². The fourth-order valence-electron chi connectivity index (χ4n) is 4.18. The Kier molecular flexibility index (Phi) is 8.09. The number of benzene rings is 1. The van der Waals surface area contributed by atoms with Crippen LogP contribution in [-0.4, -0.2) is 42.1 Å². The Morgan fingerprint density at radius 2 is 2.13 bits per heavy atom. The van der Waals surface area contributed by atoms with Crippen molar-refractivity contribution in [2.24, 2.45) is 5.92 Å². The van der Waals surface area contributed by atoms with Gasteiger partial charge in [-0.25, -0.2) is 0 Å². The third-order valence-electron chi connectivity index (χ3n) is 6.05. The number of likely N-dealkylation sites (tertiary alicyclic amines) is 1. The summed E-state index contributed by atoms with van der Waals surface area (Å²) in [5.41, 5.74) is 2.91. The van der Waals surface area contributed by atoms with Crippen molar-refractivity contribution in [1.82, 2.24) is 15.4 Å². The molecule has 0 saturated carbocycles. The predicted molar refractivity (Wildman–Crippen MR) is 118 cm³/mol. The SMILES string of the molecule is COc1cccc(CNC(=O)CC[C@H]2CCCN(C(=O)CCc3c(C)noc3C)C2)c1. The van der Waals surface area contributed by atoms with Crippen molar-refractivity contribution in [1.29, 1.82) is 0 Å². The molecule has 1 aromatic carbocycles. The zero-order valence-electron chi connectivity index (χ0n) is 18.8. The van der Waals surface area contributed by atoms with E-state index < -0.39 is 0 Å². The summed E-state index contributed by atoms with van der Waals surface area (Å²) < 4.78 is 10.4. The lowest BCUT2D eigenvalue weighted by molar-refractivity contribution is -0.133. The van der Waals surface area contributed by atoms with Crippen LogP contribution in [0.25, 0.3) is 0 Å². The molecule has 1 fully saturated rings. The first-order valence-corrected chi connectivity index (χ1v) is 11.1. The van der Waals surface area contributed by atoms with Gasteiger partial charge in [0, 0.05) is 38.0 Å². The standard InChI is InChI=1S/C24H33N3O4/c1-17-22(18(2)31-26-17)10-12-24(29)27-13-5-7-19(16-27)9-11-23(28)25-15-20-6-4-8-21(14-20)30-3/h4,6,8,14,19H,5,7,9-13,15-16H2,1-3H3,(H,25,28)/t19-/m1/s1. The average molecular weight is 428 g/mol. The third-order valence-corrected chi connectivity index (χ3v) is 6.05. The Hall–Kier alpha value is -2.83. The molecule has 1 aromatic heterocycles. The summed E-state index contributed by atoms with van der Waals surface area (Å²) in [4.78, 5) is 26.9. The smallest absolute Gasteiger partial charge is 0.222 e. The number of piperidine rings is 1. The maximum absolute atomic E-state index is 12.7. The summed E-state index contributed by atoms with van der Waals surface area (Å²) in [5.74, 6) is 2.17.